The molecule has 9 heteroatoms. The van der Waals surface area contributed by atoms with Crippen molar-refractivity contribution in [3.8, 4) is 0 Å². The van der Waals surface area contributed by atoms with Gasteiger partial charge in [0.25, 0.3) is 0 Å². The molecule has 0 saturated heterocycles. The molecule has 0 saturated carbocycles. The normalized spacial score (nSPS) is 8.89. The van der Waals surface area contributed by atoms with Crippen LogP contribution in [0.3, 0.4) is 0 Å². The van der Waals surface area contributed by atoms with E-state index >= 15 is 0 Å². The van der Waals surface area contributed by atoms with Crippen LogP contribution in [0.1, 0.15) is 0 Å². The molecule has 52 valence electrons. The van der Waals surface area contributed by atoms with Gasteiger partial charge in [0, 0.05) is 0 Å². The summed E-state index contributed by atoms with van der Waals surface area (Å²) >= 11 is -7.77. The fourth-order valence-corrected chi connectivity index (χ4v) is 0.436. The Morgan fingerprint density at radius 2 is 1.11 bits per heavy atom. The van der Waals surface area contributed by atoms with Crippen LogP contribution in [0.5, 0.6) is 0 Å². The Labute approximate surface area is 58.5 Å². The SMILES string of the molecule is [O]=[V](=[O])[O]O[O][V](=[O])=[O]. The van der Waals surface area contributed by atoms with E-state index in [1.54, 1.807) is 0 Å². The third kappa shape index (κ3) is 8.25. The van der Waals surface area contributed by atoms with Crippen molar-refractivity contribution < 1.29 is 58.2 Å². The first-order valence-corrected chi connectivity index (χ1v) is 4.85. The van der Waals surface area contributed by atoms with Crippen LogP contribution in [0, 0.1) is 0 Å². The average molecular weight is 214 g/mol. The van der Waals surface area contributed by atoms with E-state index < -0.39 is 30.8 Å². The monoisotopic (exact) mass is 214 g/mol. The Hall–Kier alpha value is 0.249. The second-order valence-corrected chi connectivity index (χ2v) is 2.53. The number of hydrogen-bond donors (Lipinski definition) is 0. The maximum absolute atomic E-state index is 9.48. The number of hydrogen-bond acceptors (Lipinski definition) is 7. The van der Waals surface area contributed by atoms with Crippen molar-refractivity contribution in [2.75, 3.05) is 0 Å². The zero-order valence-electron chi connectivity index (χ0n) is 3.75. The summed E-state index contributed by atoms with van der Waals surface area (Å²) in [5.41, 5.74) is 0. The Balaban J connectivity index is 3.31. The molecule has 0 fully saturated rings. The predicted molar refractivity (Wildman–Crippen MR) is 6.00 cm³/mol. The molecule has 0 aliphatic heterocycles. The molecular weight excluding hydrogens is 214 g/mol. The summed E-state index contributed by atoms with van der Waals surface area (Å²) in [6.07, 6.45) is 0. The van der Waals surface area contributed by atoms with Gasteiger partial charge in [-0.2, -0.15) is 0 Å². The van der Waals surface area contributed by atoms with Gasteiger partial charge in [-0.1, -0.05) is 0 Å². The molecule has 0 rings (SSSR count). The van der Waals surface area contributed by atoms with Crippen molar-refractivity contribution >= 4 is 0 Å². The summed E-state index contributed by atoms with van der Waals surface area (Å²) in [6.45, 7) is 0. The molecule has 0 heterocycles. The Morgan fingerprint density at radius 1 is 0.778 bits per heavy atom. The standard InChI is InChI=1S/H2O3.4O.2V/c1-3-2;;;;;;/h1-2H;;;;;;/q;;;;;2*+1/p-2. The molecule has 0 aromatic heterocycles. The van der Waals surface area contributed by atoms with Gasteiger partial charge in [0.05, 0.1) is 0 Å². The first-order valence-electron chi connectivity index (χ1n) is 1.43. The summed E-state index contributed by atoms with van der Waals surface area (Å²) in [5.74, 6) is 0. The van der Waals surface area contributed by atoms with E-state index in [-0.39, 0.29) is 0 Å². The van der Waals surface area contributed by atoms with Crippen molar-refractivity contribution in [1.82, 2.24) is 0 Å². The van der Waals surface area contributed by atoms with E-state index in [1.807, 2.05) is 0 Å². The molecule has 7 nitrogen and oxygen atoms in total. The van der Waals surface area contributed by atoms with Gasteiger partial charge in [-0.3, -0.25) is 0 Å². The quantitative estimate of drug-likeness (QED) is 0.451. The van der Waals surface area contributed by atoms with Crippen molar-refractivity contribution in [2.24, 2.45) is 0 Å². The van der Waals surface area contributed by atoms with Crippen molar-refractivity contribution in [3.05, 3.63) is 0 Å². The molecule has 0 N–H and O–H groups in total. The molecular formula is O7V2. The van der Waals surface area contributed by atoms with Crippen LogP contribution in [0.4, 0.5) is 0 Å². The molecule has 0 spiro atoms. The predicted octanol–water partition coefficient (Wildman–Crippen LogP) is -0.685. The summed E-state index contributed by atoms with van der Waals surface area (Å²) in [5, 5.41) is 3.24. The first kappa shape index (κ1) is 9.25. The molecule has 0 bridgehead atoms. The van der Waals surface area contributed by atoms with Gasteiger partial charge < -0.3 is 0 Å². The van der Waals surface area contributed by atoms with E-state index in [4.69, 9.17) is 0 Å². The van der Waals surface area contributed by atoms with E-state index in [1.165, 1.54) is 0 Å². The Morgan fingerprint density at radius 3 is 1.33 bits per heavy atom. The molecule has 0 aliphatic rings. The van der Waals surface area contributed by atoms with Crippen LogP contribution in [0.2, 0.25) is 0 Å². The molecule has 0 aliphatic carbocycles. The zero-order chi connectivity index (χ0) is 7.28. The summed E-state index contributed by atoms with van der Waals surface area (Å²) in [4.78, 5) is 0. The molecule has 0 atom stereocenters. The summed E-state index contributed by atoms with van der Waals surface area (Å²) in [6, 6.07) is 0. The third-order valence-electron chi connectivity index (χ3n) is 0.183. The van der Waals surface area contributed by atoms with Crippen LogP contribution in [-0.2, 0) is 58.2 Å². The zero-order valence-corrected chi connectivity index (χ0v) is 6.55. The molecule has 0 aromatic rings. The van der Waals surface area contributed by atoms with Crippen molar-refractivity contribution in [2.45, 2.75) is 0 Å². The van der Waals surface area contributed by atoms with E-state index in [9.17, 15) is 14.7 Å². The molecule has 0 unspecified atom stereocenters. The van der Waals surface area contributed by atoms with Crippen LogP contribution in [0.15, 0.2) is 0 Å². The van der Waals surface area contributed by atoms with E-state index in [2.05, 4.69) is 12.7 Å². The number of rotatable bonds is 4. The van der Waals surface area contributed by atoms with Gasteiger partial charge >= 0.3 is 58.2 Å². The molecule has 9 heavy (non-hydrogen) atoms. The minimum atomic E-state index is -3.89. The molecule has 0 amide bonds. The van der Waals surface area contributed by atoms with Gasteiger partial charge in [-0.15, -0.1) is 0 Å². The van der Waals surface area contributed by atoms with Gasteiger partial charge in [-0.25, -0.2) is 0 Å². The first-order chi connectivity index (χ1) is 4.13. The topological polar surface area (TPSA) is 96.0 Å². The molecule has 0 radical (unpaired) electrons. The van der Waals surface area contributed by atoms with Crippen LogP contribution in [0.25, 0.3) is 0 Å². The third-order valence-corrected chi connectivity index (χ3v) is 0.753. The van der Waals surface area contributed by atoms with Crippen molar-refractivity contribution in [3.63, 3.8) is 0 Å². The second-order valence-electron chi connectivity index (χ2n) is 0.664. The van der Waals surface area contributed by atoms with Crippen LogP contribution < -0.4 is 0 Å². The summed E-state index contributed by atoms with van der Waals surface area (Å²) < 4.78 is 44.5. The van der Waals surface area contributed by atoms with E-state index in [0.717, 1.165) is 0 Å². The van der Waals surface area contributed by atoms with Crippen LogP contribution in [-0.4, -0.2) is 0 Å². The molecule has 0 aromatic carbocycles. The Kier molecular flexibility index (Phi) is 5.21. The minimum absolute atomic E-state index is 3.24. The maximum atomic E-state index is 9.48. The fraction of sp³-hybridized carbons (Fsp3) is 0. The second kappa shape index (κ2) is 5.07. The van der Waals surface area contributed by atoms with Crippen LogP contribution >= 0.6 is 0 Å². The van der Waals surface area contributed by atoms with E-state index in [0.29, 0.717) is 0 Å². The van der Waals surface area contributed by atoms with Crippen molar-refractivity contribution in [1.29, 1.82) is 0 Å². The van der Waals surface area contributed by atoms with Gasteiger partial charge in [0.1, 0.15) is 0 Å². The fourth-order valence-electron chi connectivity index (χ4n) is 0.0633. The van der Waals surface area contributed by atoms with Gasteiger partial charge in [0.15, 0.2) is 0 Å². The summed E-state index contributed by atoms with van der Waals surface area (Å²) in [7, 11) is 0. The van der Waals surface area contributed by atoms with Gasteiger partial charge in [-0.05, 0) is 0 Å². The average Bonchev–Trinajstić information content (AvgIpc) is 1.63. The van der Waals surface area contributed by atoms with Gasteiger partial charge in [0.2, 0.25) is 0 Å². The Bertz CT molecular complexity index is 157.